The van der Waals surface area contributed by atoms with Gasteiger partial charge in [0.2, 0.25) is 0 Å². The Morgan fingerprint density at radius 3 is 2.27 bits per heavy atom. The average molecular weight is 304 g/mol. The van der Waals surface area contributed by atoms with Crippen molar-refractivity contribution in [2.75, 3.05) is 32.2 Å². The minimum Gasteiger partial charge on any atom is -0.468 e. The van der Waals surface area contributed by atoms with Crippen molar-refractivity contribution < 1.29 is 19.1 Å². The van der Waals surface area contributed by atoms with Crippen LogP contribution in [-0.4, -0.2) is 44.2 Å². The highest BCUT2D eigenvalue weighted by atomic mass is 16.5. The fourth-order valence-corrected chi connectivity index (χ4v) is 3.43. The first-order valence-corrected chi connectivity index (χ1v) is 7.50. The van der Waals surface area contributed by atoms with Gasteiger partial charge in [0.15, 0.2) is 5.41 Å². The maximum Gasteiger partial charge on any atom is 0.323 e. The standard InChI is InChI=1S/C16H20N2O4/c1-21-14(19)16(15(20)22-2)8-11-7-13(17-10-12(11)9-16)18-5-3-4-6-18/h7,10H,3-6,8-9H2,1-2H3. The number of carbonyl (C=O) groups is 2. The summed E-state index contributed by atoms with van der Waals surface area (Å²) in [5.74, 6) is -0.168. The van der Waals surface area contributed by atoms with E-state index in [2.05, 4.69) is 9.88 Å². The molecule has 0 radical (unpaired) electrons. The number of fused-ring (bicyclic) bond motifs is 1. The van der Waals surface area contributed by atoms with E-state index in [1.807, 2.05) is 6.07 Å². The van der Waals surface area contributed by atoms with Crippen LogP contribution in [-0.2, 0) is 31.9 Å². The molecule has 0 N–H and O–H groups in total. The highest BCUT2D eigenvalue weighted by Crippen LogP contribution is 2.40. The van der Waals surface area contributed by atoms with Crippen LogP contribution in [0.25, 0.3) is 0 Å². The van der Waals surface area contributed by atoms with Crippen molar-refractivity contribution in [1.82, 2.24) is 4.98 Å². The van der Waals surface area contributed by atoms with Crippen LogP contribution in [0.3, 0.4) is 0 Å². The molecule has 118 valence electrons. The van der Waals surface area contributed by atoms with Crippen molar-refractivity contribution in [3.05, 3.63) is 23.4 Å². The Morgan fingerprint density at radius 1 is 1.09 bits per heavy atom. The quantitative estimate of drug-likeness (QED) is 0.615. The van der Waals surface area contributed by atoms with Gasteiger partial charge in [-0.2, -0.15) is 0 Å². The fourth-order valence-electron chi connectivity index (χ4n) is 3.43. The number of aromatic nitrogens is 1. The molecule has 1 fully saturated rings. The molecule has 0 spiro atoms. The first-order valence-electron chi connectivity index (χ1n) is 7.50. The van der Waals surface area contributed by atoms with Crippen LogP contribution >= 0.6 is 0 Å². The number of anilines is 1. The molecule has 0 amide bonds. The Labute approximate surface area is 129 Å². The lowest BCUT2D eigenvalue weighted by Crippen LogP contribution is -2.42. The van der Waals surface area contributed by atoms with Gasteiger partial charge < -0.3 is 14.4 Å². The van der Waals surface area contributed by atoms with Gasteiger partial charge in [-0.1, -0.05) is 0 Å². The SMILES string of the molecule is COC(=O)C1(C(=O)OC)Cc2cnc(N3CCCC3)cc2C1. The van der Waals surface area contributed by atoms with Crippen LogP contribution in [0.15, 0.2) is 12.3 Å². The molecule has 0 aromatic carbocycles. The van der Waals surface area contributed by atoms with E-state index in [9.17, 15) is 9.59 Å². The minimum atomic E-state index is -1.27. The van der Waals surface area contributed by atoms with Crippen LogP contribution in [0.2, 0.25) is 0 Å². The molecule has 0 unspecified atom stereocenters. The Hall–Kier alpha value is -2.11. The molecule has 1 aliphatic heterocycles. The second kappa shape index (κ2) is 5.59. The van der Waals surface area contributed by atoms with Crippen molar-refractivity contribution in [2.24, 2.45) is 5.41 Å². The number of hydrogen-bond acceptors (Lipinski definition) is 6. The zero-order valence-corrected chi connectivity index (χ0v) is 12.9. The smallest absolute Gasteiger partial charge is 0.323 e. The van der Waals surface area contributed by atoms with Crippen LogP contribution in [0.4, 0.5) is 5.82 Å². The van der Waals surface area contributed by atoms with Crippen molar-refractivity contribution in [3.8, 4) is 0 Å². The summed E-state index contributed by atoms with van der Waals surface area (Å²) in [4.78, 5) is 31.1. The van der Waals surface area contributed by atoms with Crippen molar-refractivity contribution >= 4 is 17.8 Å². The van der Waals surface area contributed by atoms with E-state index in [1.165, 1.54) is 27.1 Å². The van der Waals surface area contributed by atoms with E-state index in [0.29, 0.717) is 6.42 Å². The summed E-state index contributed by atoms with van der Waals surface area (Å²) < 4.78 is 9.70. The van der Waals surface area contributed by atoms with Gasteiger partial charge in [-0.3, -0.25) is 9.59 Å². The van der Waals surface area contributed by atoms with Crippen LogP contribution < -0.4 is 4.90 Å². The molecule has 2 aliphatic rings. The number of pyridine rings is 1. The van der Waals surface area contributed by atoms with Gasteiger partial charge in [0.25, 0.3) is 0 Å². The minimum absolute atomic E-state index is 0.287. The maximum atomic E-state index is 12.2. The molecule has 2 heterocycles. The predicted molar refractivity (Wildman–Crippen MR) is 79.6 cm³/mol. The molecular weight excluding hydrogens is 284 g/mol. The van der Waals surface area contributed by atoms with E-state index < -0.39 is 17.4 Å². The van der Waals surface area contributed by atoms with Crippen molar-refractivity contribution in [1.29, 1.82) is 0 Å². The Bertz CT molecular complexity index is 592. The van der Waals surface area contributed by atoms with Crippen LogP contribution in [0, 0.1) is 5.41 Å². The Balaban J connectivity index is 1.92. The summed E-state index contributed by atoms with van der Waals surface area (Å²) in [7, 11) is 2.59. The second-order valence-corrected chi connectivity index (χ2v) is 5.92. The van der Waals surface area contributed by atoms with Crippen LogP contribution in [0.5, 0.6) is 0 Å². The number of nitrogens with zero attached hydrogens (tertiary/aromatic N) is 2. The third kappa shape index (κ3) is 2.23. The number of esters is 2. The summed E-state index contributed by atoms with van der Waals surface area (Å²) in [6.07, 6.45) is 4.72. The molecule has 1 aromatic rings. The van der Waals surface area contributed by atoms with Gasteiger partial charge in [-0.25, -0.2) is 4.98 Å². The highest BCUT2D eigenvalue weighted by Gasteiger charge is 2.52. The van der Waals surface area contributed by atoms with Crippen molar-refractivity contribution in [2.45, 2.75) is 25.7 Å². The average Bonchev–Trinajstić information content (AvgIpc) is 3.20. The lowest BCUT2D eigenvalue weighted by atomic mass is 9.85. The predicted octanol–water partition coefficient (Wildman–Crippen LogP) is 1.11. The second-order valence-electron chi connectivity index (χ2n) is 5.92. The van der Waals surface area contributed by atoms with Gasteiger partial charge in [0, 0.05) is 25.7 Å². The fraction of sp³-hybridized carbons (Fsp3) is 0.562. The lowest BCUT2D eigenvalue weighted by molar-refractivity contribution is -0.168. The van der Waals surface area contributed by atoms with E-state index in [4.69, 9.17) is 9.47 Å². The van der Waals surface area contributed by atoms with Gasteiger partial charge in [0.1, 0.15) is 5.82 Å². The number of hydrogen-bond donors (Lipinski definition) is 0. The monoisotopic (exact) mass is 304 g/mol. The number of rotatable bonds is 3. The maximum absolute atomic E-state index is 12.2. The molecule has 1 aliphatic carbocycles. The number of ether oxygens (including phenoxy) is 2. The first-order chi connectivity index (χ1) is 10.6. The van der Waals surface area contributed by atoms with Gasteiger partial charge in [-0.15, -0.1) is 0 Å². The zero-order valence-electron chi connectivity index (χ0n) is 12.9. The molecule has 6 heteroatoms. The van der Waals surface area contributed by atoms with Gasteiger partial charge >= 0.3 is 11.9 Å². The largest absolute Gasteiger partial charge is 0.468 e. The third-order valence-electron chi connectivity index (χ3n) is 4.64. The summed E-state index contributed by atoms with van der Waals surface area (Å²) in [5, 5.41) is 0. The molecule has 1 aromatic heterocycles. The Kier molecular flexibility index (Phi) is 3.76. The van der Waals surface area contributed by atoms with E-state index >= 15 is 0 Å². The molecule has 22 heavy (non-hydrogen) atoms. The summed E-state index contributed by atoms with van der Waals surface area (Å²) >= 11 is 0. The van der Waals surface area contributed by atoms with Gasteiger partial charge in [-0.05, 0) is 36.5 Å². The Morgan fingerprint density at radius 2 is 1.68 bits per heavy atom. The summed E-state index contributed by atoms with van der Waals surface area (Å²) in [6, 6.07) is 1.99. The topological polar surface area (TPSA) is 68.7 Å². The van der Waals surface area contributed by atoms with Crippen molar-refractivity contribution in [3.63, 3.8) is 0 Å². The molecule has 0 saturated carbocycles. The molecular formula is C16H20N2O4. The normalized spacial score (nSPS) is 18.9. The van der Waals surface area contributed by atoms with E-state index in [0.717, 1.165) is 30.0 Å². The first kappa shape index (κ1) is 14.8. The van der Waals surface area contributed by atoms with Gasteiger partial charge in [0.05, 0.1) is 14.2 Å². The summed E-state index contributed by atoms with van der Waals surface area (Å²) in [5.41, 5.74) is 0.628. The summed E-state index contributed by atoms with van der Waals surface area (Å²) in [6.45, 7) is 2.01. The lowest BCUT2D eigenvalue weighted by Gasteiger charge is -2.22. The zero-order chi connectivity index (χ0) is 15.7. The molecule has 1 saturated heterocycles. The van der Waals surface area contributed by atoms with E-state index in [1.54, 1.807) is 6.20 Å². The third-order valence-corrected chi connectivity index (χ3v) is 4.64. The molecule has 3 rings (SSSR count). The van der Waals surface area contributed by atoms with Crippen LogP contribution in [0.1, 0.15) is 24.0 Å². The molecule has 0 bridgehead atoms. The highest BCUT2D eigenvalue weighted by molar-refractivity contribution is 6.01. The van der Waals surface area contributed by atoms with E-state index in [-0.39, 0.29) is 6.42 Å². The number of methoxy groups -OCH3 is 2. The number of carbonyl (C=O) groups excluding carboxylic acids is 2. The molecule has 0 atom stereocenters. The molecule has 6 nitrogen and oxygen atoms in total.